The fraction of sp³-hybridized carbons (Fsp3) is 0.125. The van der Waals surface area contributed by atoms with Gasteiger partial charge in [0.25, 0.3) is 11.7 Å². The summed E-state index contributed by atoms with van der Waals surface area (Å²) in [4.78, 5) is 13.8. The van der Waals surface area contributed by atoms with E-state index in [1.807, 2.05) is 0 Å². The lowest BCUT2D eigenvalue weighted by Gasteiger charge is -2.04. The molecule has 0 aliphatic heterocycles. The Hall–Kier alpha value is -1.74. The van der Waals surface area contributed by atoms with Gasteiger partial charge in [-0.05, 0) is 11.6 Å². The molecule has 1 aromatic rings. The molecule has 0 unspecified atom stereocenters. The summed E-state index contributed by atoms with van der Waals surface area (Å²) >= 11 is 4.99. The van der Waals surface area contributed by atoms with Gasteiger partial charge in [-0.2, -0.15) is 5.26 Å². The quantitative estimate of drug-likeness (QED) is 0.791. The van der Waals surface area contributed by atoms with Gasteiger partial charge in [0.1, 0.15) is 17.5 Å². The standard InChI is InChI=1S/C8H3ClF2N2O2/c9-7(15)6-4(14)1-3(2-12)5(13-6)8(10)11/h1,8,14H. The molecule has 1 rings (SSSR count). The van der Waals surface area contributed by atoms with Crippen molar-refractivity contribution in [2.45, 2.75) is 6.43 Å². The summed E-state index contributed by atoms with van der Waals surface area (Å²) in [6.07, 6.45) is -3.02. The third-order valence-corrected chi connectivity index (χ3v) is 1.72. The van der Waals surface area contributed by atoms with Crippen LogP contribution in [0, 0.1) is 11.3 Å². The Morgan fingerprint density at radius 2 is 2.27 bits per heavy atom. The van der Waals surface area contributed by atoms with Crippen molar-refractivity contribution < 1.29 is 18.7 Å². The molecule has 78 valence electrons. The number of aromatic nitrogens is 1. The summed E-state index contributed by atoms with van der Waals surface area (Å²) in [6, 6.07) is 2.15. The highest BCUT2D eigenvalue weighted by atomic mass is 35.5. The number of hydrogen-bond donors (Lipinski definition) is 1. The second-order valence-electron chi connectivity index (χ2n) is 2.48. The van der Waals surface area contributed by atoms with Crippen molar-refractivity contribution in [3.8, 4) is 11.8 Å². The number of carbonyl (C=O) groups is 1. The maximum atomic E-state index is 12.3. The monoisotopic (exact) mass is 232 g/mol. The van der Waals surface area contributed by atoms with E-state index < -0.39 is 34.4 Å². The van der Waals surface area contributed by atoms with Crippen LogP contribution in [0.15, 0.2) is 6.07 Å². The molecular formula is C8H3ClF2N2O2. The second kappa shape index (κ2) is 4.19. The number of alkyl halides is 2. The minimum absolute atomic E-state index is 0.496. The first kappa shape index (κ1) is 11.3. The summed E-state index contributed by atoms with van der Waals surface area (Å²) < 4.78 is 24.7. The fourth-order valence-electron chi connectivity index (χ4n) is 0.918. The zero-order valence-corrected chi connectivity index (χ0v) is 7.79. The Kier molecular flexibility index (Phi) is 3.17. The Labute approximate surface area is 87.7 Å². The maximum Gasteiger partial charge on any atom is 0.281 e. The summed E-state index contributed by atoms with van der Waals surface area (Å²) in [5.74, 6) is -0.698. The lowest BCUT2D eigenvalue weighted by molar-refractivity contribution is 0.107. The van der Waals surface area contributed by atoms with Crippen molar-refractivity contribution in [2.24, 2.45) is 0 Å². The van der Waals surface area contributed by atoms with E-state index in [0.29, 0.717) is 0 Å². The van der Waals surface area contributed by atoms with E-state index in [9.17, 15) is 13.6 Å². The number of rotatable bonds is 2. The van der Waals surface area contributed by atoms with Crippen molar-refractivity contribution in [3.05, 3.63) is 23.0 Å². The number of hydrogen-bond acceptors (Lipinski definition) is 4. The third kappa shape index (κ3) is 2.19. The molecule has 0 aliphatic carbocycles. The number of aromatic hydroxyl groups is 1. The van der Waals surface area contributed by atoms with Crippen LogP contribution in [0.1, 0.15) is 28.2 Å². The van der Waals surface area contributed by atoms with Crippen molar-refractivity contribution in [2.75, 3.05) is 0 Å². The summed E-state index contributed by atoms with van der Waals surface area (Å²) in [5.41, 5.74) is -2.06. The molecule has 1 heterocycles. The van der Waals surface area contributed by atoms with Crippen LogP contribution in [0.4, 0.5) is 8.78 Å². The Morgan fingerprint density at radius 1 is 1.67 bits per heavy atom. The normalized spacial score (nSPS) is 10.1. The molecule has 4 nitrogen and oxygen atoms in total. The first-order valence-corrected chi connectivity index (χ1v) is 3.97. The minimum atomic E-state index is -3.02. The van der Waals surface area contributed by atoms with E-state index in [4.69, 9.17) is 22.0 Å². The Morgan fingerprint density at radius 3 is 2.67 bits per heavy atom. The molecule has 0 bridgehead atoms. The lowest BCUT2D eigenvalue weighted by Crippen LogP contribution is -2.02. The lowest BCUT2D eigenvalue weighted by atomic mass is 10.2. The molecule has 0 aromatic carbocycles. The second-order valence-corrected chi connectivity index (χ2v) is 2.82. The molecule has 0 atom stereocenters. The highest BCUT2D eigenvalue weighted by Crippen LogP contribution is 2.26. The van der Waals surface area contributed by atoms with Crippen LogP contribution >= 0.6 is 11.6 Å². The van der Waals surface area contributed by atoms with Crippen LogP contribution in [0.25, 0.3) is 0 Å². The predicted molar refractivity (Wildman–Crippen MR) is 45.8 cm³/mol. The van der Waals surface area contributed by atoms with E-state index in [2.05, 4.69) is 4.98 Å². The van der Waals surface area contributed by atoms with Gasteiger partial charge in [-0.15, -0.1) is 0 Å². The highest BCUT2D eigenvalue weighted by Gasteiger charge is 2.21. The molecule has 7 heteroatoms. The van der Waals surface area contributed by atoms with Crippen LogP contribution in [-0.4, -0.2) is 15.3 Å². The molecule has 0 fully saturated rings. The van der Waals surface area contributed by atoms with Crippen molar-refractivity contribution in [3.63, 3.8) is 0 Å². The average Bonchev–Trinajstić information content (AvgIpc) is 2.16. The predicted octanol–water partition coefficient (Wildman–Crippen LogP) is 1.98. The number of pyridine rings is 1. The van der Waals surface area contributed by atoms with E-state index >= 15 is 0 Å². The number of halogens is 3. The van der Waals surface area contributed by atoms with E-state index in [0.717, 1.165) is 6.07 Å². The molecule has 0 amide bonds. The van der Waals surface area contributed by atoms with Gasteiger partial charge in [0, 0.05) is 6.07 Å². The van der Waals surface area contributed by atoms with Gasteiger partial charge in [-0.25, -0.2) is 13.8 Å². The average molecular weight is 233 g/mol. The van der Waals surface area contributed by atoms with Gasteiger partial charge in [0.15, 0.2) is 5.69 Å². The van der Waals surface area contributed by atoms with Crippen LogP contribution in [0.3, 0.4) is 0 Å². The molecule has 15 heavy (non-hydrogen) atoms. The molecule has 1 N–H and O–H groups in total. The minimum Gasteiger partial charge on any atom is -0.505 e. The van der Waals surface area contributed by atoms with Gasteiger partial charge in [0.05, 0.1) is 5.56 Å². The molecule has 0 spiro atoms. The smallest absolute Gasteiger partial charge is 0.281 e. The van der Waals surface area contributed by atoms with Crippen LogP contribution in [-0.2, 0) is 0 Å². The van der Waals surface area contributed by atoms with Gasteiger partial charge >= 0.3 is 0 Å². The van der Waals surface area contributed by atoms with Crippen LogP contribution in [0.5, 0.6) is 5.75 Å². The Bertz CT molecular complexity index is 457. The van der Waals surface area contributed by atoms with E-state index in [-0.39, 0.29) is 0 Å². The SMILES string of the molecule is N#Cc1cc(O)c(C(=O)Cl)nc1C(F)F. The first-order chi connectivity index (χ1) is 6.97. The number of carbonyl (C=O) groups excluding carboxylic acids is 1. The van der Waals surface area contributed by atoms with Gasteiger partial charge < -0.3 is 5.11 Å². The molecule has 0 aliphatic rings. The van der Waals surface area contributed by atoms with E-state index in [1.54, 1.807) is 0 Å². The first-order valence-electron chi connectivity index (χ1n) is 3.59. The molecule has 0 saturated heterocycles. The molecular weight excluding hydrogens is 230 g/mol. The summed E-state index contributed by atoms with van der Waals surface area (Å²) in [7, 11) is 0. The van der Waals surface area contributed by atoms with Crippen molar-refractivity contribution >= 4 is 16.8 Å². The van der Waals surface area contributed by atoms with Crippen LogP contribution in [0.2, 0.25) is 0 Å². The third-order valence-electron chi connectivity index (χ3n) is 1.55. The highest BCUT2D eigenvalue weighted by molar-refractivity contribution is 6.67. The van der Waals surface area contributed by atoms with Crippen LogP contribution < -0.4 is 0 Å². The van der Waals surface area contributed by atoms with Gasteiger partial charge in [-0.3, -0.25) is 4.79 Å². The van der Waals surface area contributed by atoms with Gasteiger partial charge in [0.2, 0.25) is 0 Å². The van der Waals surface area contributed by atoms with Gasteiger partial charge in [-0.1, -0.05) is 0 Å². The zero-order chi connectivity index (χ0) is 11.6. The number of nitrogens with zero attached hydrogens (tertiary/aromatic N) is 2. The number of nitriles is 1. The van der Waals surface area contributed by atoms with Crippen molar-refractivity contribution in [1.29, 1.82) is 5.26 Å². The summed E-state index contributed by atoms with van der Waals surface area (Å²) in [6.45, 7) is 0. The fourth-order valence-corrected chi connectivity index (χ4v) is 1.06. The molecule has 1 aromatic heterocycles. The molecule has 0 radical (unpaired) electrons. The zero-order valence-electron chi connectivity index (χ0n) is 7.04. The van der Waals surface area contributed by atoms with Crippen molar-refractivity contribution in [1.82, 2.24) is 4.98 Å². The molecule has 0 saturated carbocycles. The Balaban J connectivity index is 3.45. The summed E-state index contributed by atoms with van der Waals surface area (Å²) in [5, 5.41) is 16.4. The maximum absolute atomic E-state index is 12.3. The van der Waals surface area contributed by atoms with E-state index in [1.165, 1.54) is 6.07 Å². The largest absolute Gasteiger partial charge is 0.505 e. The topological polar surface area (TPSA) is 74.0 Å².